The molecule has 130 valence electrons. The first-order valence-electron chi connectivity index (χ1n) is 8.20. The molecule has 7 heteroatoms. The lowest BCUT2D eigenvalue weighted by atomic mass is 9.91. The van der Waals surface area contributed by atoms with E-state index < -0.39 is 0 Å². The first-order valence-corrected chi connectivity index (χ1v) is 8.20. The number of carbonyl (C=O) groups excluding carboxylic acids is 2. The van der Waals surface area contributed by atoms with Crippen molar-refractivity contribution >= 4 is 11.9 Å². The fraction of sp³-hybridized carbons (Fsp3) is 0.529. The molecule has 0 spiro atoms. The van der Waals surface area contributed by atoms with E-state index in [1.165, 1.54) is 19.2 Å². The van der Waals surface area contributed by atoms with Crippen molar-refractivity contribution in [2.24, 2.45) is 11.8 Å². The number of likely N-dealkylation sites (tertiary alicyclic amines) is 1. The summed E-state index contributed by atoms with van der Waals surface area (Å²) >= 11 is 0. The molecule has 2 fully saturated rings. The highest BCUT2D eigenvalue weighted by molar-refractivity contribution is 5.81. The third-order valence-corrected chi connectivity index (χ3v) is 4.87. The van der Waals surface area contributed by atoms with E-state index in [0.717, 1.165) is 5.56 Å². The standard InChI is InChI=1S/C17H22FN3O3/c1-24-17(23)12-6-8-21(9-7-12)16(22)14-10-19-20-15(14)11-2-4-13(18)5-3-11/h2-5,12,14-15,19-20H,6-10H2,1H3. The topological polar surface area (TPSA) is 70.7 Å². The summed E-state index contributed by atoms with van der Waals surface area (Å²) in [7, 11) is 1.39. The monoisotopic (exact) mass is 335 g/mol. The predicted molar refractivity (Wildman–Crippen MR) is 85.1 cm³/mol. The molecule has 2 aliphatic heterocycles. The molecule has 0 bridgehead atoms. The maximum absolute atomic E-state index is 13.1. The zero-order chi connectivity index (χ0) is 17.1. The Morgan fingerprint density at radius 1 is 1.21 bits per heavy atom. The number of nitrogens with one attached hydrogen (secondary N) is 2. The minimum absolute atomic E-state index is 0.0603. The van der Waals surface area contributed by atoms with Crippen molar-refractivity contribution in [3.8, 4) is 0 Å². The van der Waals surface area contributed by atoms with Gasteiger partial charge in [0.05, 0.1) is 25.0 Å². The van der Waals surface area contributed by atoms with E-state index in [1.54, 1.807) is 12.1 Å². The Balaban J connectivity index is 1.64. The van der Waals surface area contributed by atoms with Crippen molar-refractivity contribution in [3.05, 3.63) is 35.6 Å². The zero-order valence-electron chi connectivity index (χ0n) is 13.6. The van der Waals surface area contributed by atoms with Crippen molar-refractivity contribution in [1.82, 2.24) is 15.8 Å². The lowest BCUT2D eigenvalue weighted by Crippen LogP contribution is -2.44. The van der Waals surface area contributed by atoms with E-state index in [4.69, 9.17) is 4.74 Å². The summed E-state index contributed by atoms with van der Waals surface area (Å²) in [6.45, 7) is 1.65. The third kappa shape index (κ3) is 3.42. The van der Waals surface area contributed by atoms with Crippen molar-refractivity contribution in [3.63, 3.8) is 0 Å². The van der Waals surface area contributed by atoms with Gasteiger partial charge in [-0.25, -0.2) is 9.82 Å². The number of nitrogens with zero attached hydrogens (tertiary/aromatic N) is 1. The van der Waals surface area contributed by atoms with Crippen LogP contribution in [0.1, 0.15) is 24.4 Å². The highest BCUT2D eigenvalue weighted by Crippen LogP contribution is 2.28. The lowest BCUT2D eigenvalue weighted by molar-refractivity contribution is -0.149. The van der Waals surface area contributed by atoms with E-state index in [2.05, 4.69) is 10.9 Å². The number of benzene rings is 1. The molecular formula is C17H22FN3O3. The highest BCUT2D eigenvalue weighted by atomic mass is 19.1. The molecule has 2 atom stereocenters. The van der Waals surface area contributed by atoms with Crippen molar-refractivity contribution in [1.29, 1.82) is 0 Å². The van der Waals surface area contributed by atoms with Gasteiger partial charge in [-0.1, -0.05) is 12.1 Å². The molecule has 1 aromatic carbocycles. The third-order valence-electron chi connectivity index (χ3n) is 4.87. The van der Waals surface area contributed by atoms with Gasteiger partial charge in [0.15, 0.2) is 0 Å². The fourth-order valence-electron chi connectivity index (χ4n) is 3.45. The number of rotatable bonds is 3. The van der Waals surface area contributed by atoms with Crippen molar-refractivity contribution in [2.45, 2.75) is 18.9 Å². The maximum Gasteiger partial charge on any atom is 0.308 e. The Labute approximate surface area is 140 Å². The van der Waals surface area contributed by atoms with Gasteiger partial charge in [-0.2, -0.15) is 0 Å². The lowest BCUT2D eigenvalue weighted by Gasteiger charge is -2.33. The molecule has 2 unspecified atom stereocenters. The average molecular weight is 335 g/mol. The molecule has 2 saturated heterocycles. The molecule has 2 heterocycles. The largest absolute Gasteiger partial charge is 0.469 e. The van der Waals surface area contributed by atoms with Crippen LogP contribution >= 0.6 is 0 Å². The Hall–Kier alpha value is -1.99. The molecule has 0 aromatic heterocycles. The summed E-state index contributed by atoms with van der Waals surface area (Å²) in [5.74, 6) is -0.796. The number of amides is 1. The number of halogens is 1. The second kappa shape index (κ2) is 7.27. The molecule has 24 heavy (non-hydrogen) atoms. The fourth-order valence-corrected chi connectivity index (χ4v) is 3.45. The van der Waals surface area contributed by atoms with Crippen LogP contribution in [0.5, 0.6) is 0 Å². The number of carbonyl (C=O) groups is 2. The number of hydrogen-bond donors (Lipinski definition) is 2. The Bertz CT molecular complexity index is 600. The Kier molecular flexibility index (Phi) is 5.11. The van der Waals surface area contributed by atoms with Gasteiger partial charge in [-0.05, 0) is 30.5 Å². The molecule has 0 aliphatic carbocycles. The van der Waals surface area contributed by atoms with Gasteiger partial charge in [0.2, 0.25) is 5.91 Å². The van der Waals surface area contributed by atoms with E-state index >= 15 is 0 Å². The smallest absolute Gasteiger partial charge is 0.308 e. The number of methoxy groups -OCH3 is 1. The highest BCUT2D eigenvalue weighted by Gasteiger charge is 2.38. The maximum atomic E-state index is 13.1. The van der Waals surface area contributed by atoms with Crippen LogP contribution in [0.4, 0.5) is 4.39 Å². The number of ether oxygens (including phenoxy) is 1. The van der Waals surface area contributed by atoms with E-state index in [9.17, 15) is 14.0 Å². The average Bonchev–Trinajstić information content (AvgIpc) is 3.11. The molecule has 2 N–H and O–H groups in total. The zero-order valence-corrected chi connectivity index (χ0v) is 13.6. The Morgan fingerprint density at radius 2 is 1.88 bits per heavy atom. The van der Waals surface area contributed by atoms with Crippen LogP contribution in [0.2, 0.25) is 0 Å². The van der Waals surface area contributed by atoms with Gasteiger partial charge in [0.1, 0.15) is 5.82 Å². The van der Waals surface area contributed by atoms with E-state index in [-0.39, 0.29) is 35.6 Å². The molecule has 0 saturated carbocycles. The van der Waals surface area contributed by atoms with Crippen LogP contribution < -0.4 is 10.9 Å². The first kappa shape index (κ1) is 16.9. The Morgan fingerprint density at radius 3 is 2.50 bits per heavy atom. The van der Waals surface area contributed by atoms with Gasteiger partial charge < -0.3 is 9.64 Å². The first-order chi connectivity index (χ1) is 11.6. The van der Waals surface area contributed by atoms with Crippen LogP contribution in [0.25, 0.3) is 0 Å². The summed E-state index contributed by atoms with van der Waals surface area (Å²) in [5.41, 5.74) is 7.01. The van der Waals surface area contributed by atoms with Gasteiger partial charge in [-0.3, -0.25) is 15.0 Å². The second-order valence-corrected chi connectivity index (χ2v) is 6.28. The van der Waals surface area contributed by atoms with Crippen LogP contribution in [0.3, 0.4) is 0 Å². The molecule has 1 amide bonds. The number of piperidine rings is 1. The molecule has 2 aliphatic rings. The normalized spacial score (nSPS) is 24.8. The minimum atomic E-state index is -0.294. The van der Waals surface area contributed by atoms with E-state index in [0.29, 0.717) is 32.5 Å². The quantitative estimate of drug-likeness (QED) is 0.807. The molecule has 6 nitrogen and oxygen atoms in total. The van der Waals surface area contributed by atoms with Gasteiger partial charge in [0, 0.05) is 19.6 Å². The number of hydrazine groups is 1. The van der Waals surface area contributed by atoms with Gasteiger partial charge in [0.25, 0.3) is 0 Å². The molecular weight excluding hydrogens is 313 g/mol. The summed E-state index contributed by atoms with van der Waals surface area (Å²) in [6.07, 6.45) is 1.26. The minimum Gasteiger partial charge on any atom is -0.469 e. The number of hydrogen-bond acceptors (Lipinski definition) is 5. The summed E-state index contributed by atoms with van der Waals surface area (Å²) < 4.78 is 17.9. The SMILES string of the molecule is COC(=O)C1CCN(C(=O)C2CNNC2c2ccc(F)cc2)CC1. The second-order valence-electron chi connectivity index (χ2n) is 6.28. The van der Waals surface area contributed by atoms with Crippen LogP contribution in [0.15, 0.2) is 24.3 Å². The summed E-state index contributed by atoms with van der Waals surface area (Å²) in [4.78, 5) is 26.3. The van der Waals surface area contributed by atoms with Gasteiger partial charge in [-0.15, -0.1) is 0 Å². The number of esters is 1. The van der Waals surface area contributed by atoms with Crippen LogP contribution in [-0.2, 0) is 14.3 Å². The van der Waals surface area contributed by atoms with Crippen LogP contribution in [0, 0.1) is 17.7 Å². The summed E-state index contributed by atoms with van der Waals surface area (Å²) in [6, 6.07) is 6.02. The predicted octanol–water partition coefficient (Wildman–Crippen LogP) is 1.00. The summed E-state index contributed by atoms with van der Waals surface area (Å²) in [5, 5.41) is 0. The molecule has 1 aromatic rings. The van der Waals surface area contributed by atoms with Crippen molar-refractivity contribution < 1.29 is 18.7 Å². The molecule has 3 rings (SSSR count). The van der Waals surface area contributed by atoms with Gasteiger partial charge >= 0.3 is 5.97 Å². The van der Waals surface area contributed by atoms with Crippen molar-refractivity contribution in [2.75, 3.05) is 26.7 Å². The van der Waals surface area contributed by atoms with E-state index in [1.807, 2.05) is 4.90 Å². The van der Waals surface area contributed by atoms with Crippen LogP contribution in [-0.4, -0.2) is 43.5 Å². The molecule has 0 radical (unpaired) electrons.